The first-order valence-corrected chi connectivity index (χ1v) is 8.12. The summed E-state index contributed by atoms with van der Waals surface area (Å²) in [4.78, 5) is 4.54. The molecule has 1 aromatic rings. The lowest BCUT2D eigenvalue weighted by Crippen LogP contribution is -2.06. The number of imidazole rings is 1. The quantitative estimate of drug-likeness (QED) is 0.714. The van der Waals surface area contributed by atoms with Crippen molar-refractivity contribution in [3.63, 3.8) is 0 Å². The first kappa shape index (κ1) is 14.9. The number of aromatic nitrogens is 2. The summed E-state index contributed by atoms with van der Waals surface area (Å²) in [6.07, 6.45) is 5.55. The van der Waals surface area contributed by atoms with Crippen molar-refractivity contribution >= 4 is 11.8 Å². The van der Waals surface area contributed by atoms with E-state index in [0.29, 0.717) is 24.8 Å². The molecule has 1 aliphatic rings. The number of rotatable bonds is 7. The van der Waals surface area contributed by atoms with E-state index in [4.69, 9.17) is 10.5 Å². The van der Waals surface area contributed by atoms with Crippen LogP contribution in [0.2, 0.25) is 0 Å². The largest absolute Gasteiger partial charge is 0.320 e. The van der Waals surface area contributed by atoms with Crippen LogP contribution in [-0.2, 0) is 0 Å². The minimum absolute atomic E-state index is 0.0634. The Morgan fingerprint density at radius 2 is 2.20 bits per heavy atom. The van der Waals surface area contributed by atoms with E-state index in [-0.39, 0.29) is 5.92 Å². The second-order valence-corrected chi connectivity index (χ2v) is 6.54. The van der Waals surface area contributed by atoms with Crippen molar-refractivity contribution in [3.05, 3.63) is 11.9 Å². The molecule has 2 rings (SSSR count). The number of nitriles is 2. The molecule has 106 valence electrons. The van der Waals surface area contributed by atoms with Crippen LogP contribution in [0.25, 0.3) is 0 Å². The molecule has 0 bridgehead atoms. The molecule has 0 N–H and O–H groups in total. The molecule has 20 heavy (non-hydrogen) atoms. The highest BCUT2D eigenvalue weighted by atomic mass is 32.2. The fraction of sp³-hybridized carbons (Fsp3) is 0.667. The molecule has 1 atom stereocenters. The zero-order chi connectivity index (χ0) is 14.5. The molecule has 0 aliphatic heterocycles. The number of hydrogen-bond acceptors (Lipinski definition) is 4. The number of thioether (sulfide) groups is 1. The van der Waals surface area contributed by atoms with E-state index in [9.17, 15) is 0 Å². The summed E-state index contributed by atoms with van der Waals surface area (Å²) >= 11 is 1.66. The van der Waals surface area contributed by atoms with E-state index in [1.54, 1.807) is 11.8 Å². The summed E-state index contributed by atoms with van der Waals surface area (Å²) in [6, 6.07) is 5.01. The average molecular weight is 288 g/mol. The van der Waals surface area contributed by atoms with E-state index in [2.05, 4.69) is 35.5 Å². The maximum absolute atomic E-state index is 9.11. The van der Waals surface area contributed by atoms with Crippen LogP contribution in [0.3, 0.4) is 0 Å². The molecule has 0 aromatic carbocycles. The van der Waals surface area contributed by atoms with Crippen LogP contribution in [0.15, 0.2) is 11.4 Å². The van der Waals surface area contributed by atoms with E-state index in [0.717, 1.165) is 10.9 Å². The predicted molar refractivity (Wildman–Crippen MR) is 79.3 cm³/mol. The van der Waals surface area contributed by atoms with Crippen LogP contribution in [0.1, 0.15) is 57.2 Å². The Bertz CT molecular complexity index is 531. The second-order valence-electron chi connectivity index (χ2n) is 5.56. The van der Waals surface area contributed by atoms with E-state index < -0.39 is 0 Å². The summed E-state index contributed by atoms with van der Waals surface area (Å²) in [6.45, 7) is 4.38. The molecule has 1 fully saturated rings. The molecule has 0 radical (unpaired) electrons. The van der Waals surface area contributed by atoms with Gasteiger partial charge in [-0.05, 0) is 25.2 Å². The highest BCUT2D eigenvalue weighted by Gasteiger charge is 2.29. The van der Waals surface area contributed by atoms with Gasteiger partial charge in [0.1, 0.15) is 0 Å². The average Bonchev–Trinajstić information content (AvgIpc) is 3.18. The predicted octanol–water partition coefficient (Wildman–Crippen LogP) is 3.88. The standard InChI is InChI=1S/C15H20N4S/c1-11(2)14-9-18-15(19(14)13-5-6-13)20-10-12(8-17)4-3-7-16/h9,11-13H,3-6,10H2,1-2H3/t12-/m0/s1. The van der Waals surface area contributed by atoms with Gasteiger partial charge in [0.05, 0.1) is 18.1 Å². The third-order valence-electron chi connectivity index (χ3n) is 3.50. The fourth-order valence-electron chi connectivity index (χ4n) is 2.19. The van der Waals surface area contributed by atoms with Crippen LogP contribution in [0, 0.1) is 28.6 Å². The minimum atomic E-state index is -0.0634. The molecule has 0 spiro atoms. The van der Waals surface area contributed by atoms with Crippen LogP contribution in [-0.4, -0.2) is 15.3 Å². The molecule has 1 heterocycles. The van der Waals surface area contributed by atoms with Crippen LogP contribution >= 0.6 is 11.8 Å². The van der Waals surface area contributed by atoms with Crippen molar-refractivity contribution in [1.82, 2.24) is 9.55 Å². The lowest BCUT2D eigenvalue weighted by atomic mass is 10.1. The summed E-state index contributed by atoms with van der Waals surface area (Å²) < 4.78 is 2.36. The van der Waals surface area contributed by atoms with Gasteiger partial charge in [0.15, 0.2) is 5.16 Å². The van der Waals surface area contributed by atoms with Gasteiger partial charge in [0.2, 0.25) is 0 Å². The first-order chi connectivity index (χ1) is 9.67. The zero-order valence-electron chi connectivity index (χ0n) is 12.0. The third-order valence-corrected chi connectivity index (χ3v) is 4.63. The Kier molecular flexibility index (Phi) is 5.09. The van der Waals surface area contributed by atoms with Gasteiger partial charge >= 0.3 is 0 Å². The molecular formula is C15H20N4S. The summed E-state index contributed by atoms with van der Waals surface area (Å²) in [5.74, 6) is 1.13. The van der Waals surface area contributed by atoms with Crippen molar-refractivity contribution in [2.45, 2.75) is 56.6 Å². The number of nitrogens with zero attached hydrogens (tertiary/aromatic N) is 4. The maximum Gasteiger partial charge on any atom is 0.168 e. The van der Waals surface area contributed by atoms with Gasteiger partial charge in [-0.1, -0.05) is 25.6 Å². The van der Waals surface area contributed by atoms with Gasteiger partial charge in [-0.25, -0.2) is 4.98 Å². The highest BCUT2D eigenvalue weighted by Crippen LogP contribution is 2.41. The van der Waals surface area contributed by atoms with E-state index in [1.807, 2.05) is 6.20 Å². The topological polar surface area (TPSA) is 65.4 Å². The number of hydrogen-bond donors (Lipinski definition) is 0. The summed E-state index contributed by atoms with van der Waals surface area (Å²) in [5, 5.41) is 18.8. The van der Waals surface area contributed by atoms with Gasteiger partial charge in [0.25, 0.3) is 0 Å². The first-order valence-electron chi connectivity index (χ1n) is 7.13. The molecule has 1 aliphatic carbocycles. The SMILES string of the molecule is CC(C)c1cnc(SC[C@H](C#N)CCC#N)n1C1CC1. The molecule has 1 aromatic heterocycles. The molecule has 4 nitrogen and oxygen atoms in total. The third kappa shape index (κ3) is 3.55. The van der Waals surface area contributed by atoms with Gasteiger partial charge in [-0.2, -0.15) is 10.5 Å². The fourth-order valence-corrected chi connectivity index (χ4v) is 3.30. The van der Waals surface area contributed by atoms with E-state index in [1.165, 1.54) is 18.5 Å². The molecule has 5 heteroatoms. The monoisotopic (exact) mass is 288 g/mol. The Labute approximate surface area is 124 Å². The molecule has 1 saturated carbocycles. The van der Waals surface area contributed by atoms with Crippen LogP contribution in [0.5, 0.6) is 0 Å². The van der Waals surface area contributed by atoms with E-state index >= 15 is 0 Å². The van der Waals surface area contributed by atoms with Crippen LogP contribution in [0.4, 0.5) is 0 Å². The van der Waals surface area contributed by atoms with Gasteiger partial charge in [-0.15, -0.1) is 0 Å². The smallest absolute Gasteiger partial charge is 0.168 e. The van der Waals surface area contributed by atoms with Crippen LogP contribution < -0.4 is 0 Å². The highest BCUT2D eigenvalue weighted by molar-refractivity contribution is 7.99. The summed E-state index contributed by atoms with van der Waals surface area (Å²) in [7, 11) is 0. The molecule has 0 unspecified atom stereocenters. The lowest BCUT2D eigenvalue weighted by molar-refractivity contribution is 0.603. The van der Waals surface area contributed by atoms with Gasteiger partial charge < -0.3 is 4.57 Å². The zero-order valence-corrected chi connectivity index (χ0v) is 12.9. The molecular weight excluding hydrogens is 268 g/mol. The van der Waals surface area contributed by atoms with Crippen molar-refractivity contribution in [1.29, 1.82) is 10.5 Å². The van der Waals surface area contributed by atoms with Crippen molar-refractivity contribution in [3.8, 4) is 12.1 Å². The Morgan fingerprint density at radius 1 is 1.45 bits per heavy atom. The van der Waals surface area contributed by atoms with Crippen molar-refractivity contribution < 1.29 is 0 Å². The van der Waals surface area contributed by atoms with Crippen molar-refractivity contribution in [2.75, 3.05) is 5.75 Å². The molecule has 0 amide bonds. The normalized spacial score (nSPS) is 15.8. The Balaban J connectivity index is 2.03. The minimum Gasteiger partial charge on any atom is -0.320 e. The van der Waals surface area contributed by atoms with Gasteiger partial charge in [0, 0.05) is 30.1 Å². The molecule has 0 saturated heterocycles. The lowest BCUT2D eigenvalue weighted by Gasteiger charge is -2.13. The second kappa shape index (κ2) is 6.81. The van der Waals surface area contributed by atoms with Gasteiger partial charge in [-0.3, -0.25) is 0 Å². The Morgan fingerprint density at radius 3 is 2.75 bits per heavy atom. The summed E-state index contributed by atoms with van der Waals surface area (Å²) in [5.41, 5.74) is 1.29. The van der Waals surface area contributed by atoms with Crippen molar-refractivity contribution in [2.24, 2.45) is 5.92 Å². The maximum atomic E-state index is 9.11. The Hall–Kier alpha value is -1.46.